The van der Waals surface area contributed by atoms with E-state index in [1.807, 2.05) is 5.32 Å². The maximum atomic E-state index is 14.9. The number of aromatic nitrogens is 2. The summed E-state index contributed by atoms with van der Waals surface area (Å²) in [6.07, 6.45) is 1.71. The minimum Gasteiger partial charge on any atom is -0.480 e. The maximum absolute atomic E-state index is 14.9. The van der Waals surface area contributed by atoms with Crippen molar-refractivity contribution in [2.75, 3.05) is 0 Å². The van der Waals surface area contributed by atoms with Crippen LogP contribution in [-0.4, -0.2) is 37.8 Å². The molecule has 3 rings (SSSR count). The van der Waals surface area contributed by atoms with Gasteiger partial charge in [0, 0.05) is 10.8 Å². The highest BCUT2D eigenvalue weighted by molar-refractivity contribution is 9.10. The molecule has 0 saturated heterocycles. The number of aliphatic carboxylic acids is 1. The number of thioether (sulfide) groups is 1. The second-order valence-corrected chi connectivity index (χ2v) is 9.18. The van der Waals surface area contributed by atoms with Gasteiger partial charge < -0.3 is 10.4 Å². The van der Waals surface area contributed by atoms with Crippen molar-refractivity contribution in [1.82, 2.24) is 14.9 Å². The largest absolute Gasteiger partial charge is 0.480 e. The Morgan fingerprint density at radius 1 is 1.30 bits per heavy atom. The van der Waals surface area contributed by atoms with Crippen LogP contribution in [0.2, 0.25) is 0 Å². The Morgan fingerprint density at radius 2 is 1.97 bits per heavy atom. The smallest absolute Gasteiger partial charge is 0.377 e. The van der Waals surface area contributed by atoms with Gasteiger partial charge in [0.2, 0.25) is 0 Å². The van der Waals surface area contributed by atoms with E-state index in [-0.39, 0.29) is 16.9 Å². The zero-order valence-electron chi connectivity index (χ0n) is 17.6. The summed E-state index contributed by atoms with van der Waals surface area (Å²) in [5.41, 5.74) is 0.907. The number of nitriles is 1. The summed E-state index contributed by atoms with van der Waals surface area (Å²) in [6, 6.07) is 10.9. The summed E-state index contributed by atoms with van der Waals surface area (Å²) in [5.74, 6) is -3.63. The molecule has 3 aromatic rings. The van der Waals surface area contributed by atoms with E-state index in [1.54, 1.807) is 50.2 Å². The molecule has 11 heteroatoms. The SMILES string of the molecule is CCC(C)C(NC(=O)C(F)(F)Sc1ncc(Br)n1-c1ccc(C#N)c2ccccc12)C(=O)O. The number of hydrogen-bond donors (Lipinski definition) is 2. The van der Waals surface area contributed by atoms with E-state index in [2.05, 4.69) is 27.0 Å². The van der Waals surface area contributed by atoms with Crippen molar-refractivity contribution in [2.24, 2.45) is 5.92 Å². The molecule has 0 aliphatic rings. The Bertz CT molecular complexity index is 1260. The molecule has 2 atom stereocenters. The number of carbonyl (C=O) groups excluding carboxylic acids is 1. The van der Waals surface area contributed by atoms with Crippen LogP contribution < -0.4 is 5.32 Å². The van der Waals surface area contributed by atoms with E-state index in [9.17, 15) is 28.7 Å². The van der Waals surface area contributed by atoms with Crippen molar-refractivity contribution >= 4 is 50.3 Å². The van der Waals surface area contributed by atoms with Crippen LogP contribution in [0.5, 0.6) is 0 Å². The lowest BCUT2D eigenvalue weighted by atomic mass is 9.99. The van der Waals surface area contributed by atoms with E-state index < -0.39 is 29.1 Å². The van der Waals surface area contributed by atoms with Crippen LogP contribution in [-0.2, 0) is 9.59 Å². The summed E-state index contributed by atoms with van der Waals surface area (Å²) >= 11 is 3.21. The Morgan fingerprint density at radius 3 is 2.58 bits per heavy atom. The van der Waals surface area contributed by atoms with Gasteiger partial charge in [0.05, 0.1) is 23.5 Å². The Balaban J connectivity index is 1.98. The zero-order chi connectivity index (χ0) is 24.3. The first kappa shape index (κ1) is 24.7. The molecular weight excluding hydrogens is 518 g/mol. The first-order valence-electron chi connectivity index (χ1n) is 9.86. The topological polar surface area (TPSA) is 108 Å². The first-order valence-corrected chi connectivity index (χ1v) is 11.5. The van der Waals surface area contributed by atoms with Crippen LogP contribution in [0.4, 0.5) is 8.78 Å². The molecule has 2 aromatic carbocycles. The lowest BCUT2D eigenvalue weighted by molar-refractivity contribution is -0.146. The molecule has 0 aliphatic carbocycles. The maximum Gasteiger partial charge on any atom is 0.377 e. The molecule has 172 valence electrons. The highest BCUT2D eigenvalue weighted by atomic mass is 79.9. The number of hydrogen-bond acceptors (Lipinski definition) is 5. The fourth-order valence-corrected chi connectivity index (χ4v) is 4.60. The highest BCUT2D eigenvalue weighted by Gasteiger charge is 2.44. The molecule has 0 saturated carbocycles. The number of fused-ring (bicyclic) bond motifs is 1. The molecular formula is C22H19BrF2N4O3S. The summed E-state index contributed by atoms with van der Waals surface area (Å²) < 4.78 is 31.5. The van der Waals surface area contributed by atoms with Crippen LogP contribution in [0.1, 0.15) is 25.8 Å². The van der Waals surface area contributed by atoms with Crippen molar-refractivity contribution in [2.45, 2.75) is 36.7 Å². The lowest BCUT2D eigenvalue weighted by Gasteiger charge is -2.23. The molecule has 2 N–H and O–H groups in total. The second-order valence-electron chi connectivity index (χ2n) is 7.28. The number of nitrogens with one attached hydrogen (secondary N) is 1. The second kappa shape index (κ2) is 9.89. The van der Waals surface area contributed by atoms with Gasteiger partial charge in [-0.1, -0.05) is 44.5 Å². The molecule has 0 bridgehead atoms. The van der Waals surface area contributed by atoms with Crippen molar-refractivity contribution in [3.8, 4) is 11.8 Å². The summed E-state index contributed by atoms with van der Waals surface area (Å²) in [7, 11) is 0. The van der Waals surface area contributed by atoms with Gasteiger partial charge in [0.15, 0.2) is 5.16 Å². The molecule has 1 aromatic heterocycles. The number of imidazole rings is 1. The lowest BCUT2D eigenvalue weighted by Crippen LogP contribution is -2.50. The summed E-state index contributed by atoms with van der Waals surface area (Å²) in [4.78, 5) is 27.8. The molecule has 1 heterocycles. The number of carbonyl (C=O) groups is 2. The zero-order valence-corrected chi connectivity index (χ0v) is 20.0. The molecule has 0 radical (unpaired) electrons. The van der Waals surface area contributed by atoms with Gasteiger partial charge in [-0.3, -0.25) is 9.36 Å². The Labute approximate surface area is 200 Å². The van der Waals surface area contributed by atoms with Gasteiger partial charge in [-0.15, -0.1) is 0 Å². The van der Waals surface area contributed by atoms with Gasteiger partial charge in [-0.2, -0.15) is 14.0 Å². The fraction of sp³-hybridized carbons (Fsp3) is 0.273. The first-order chi connectivity index (χ1) is 15.6. The van der Waals surface area contributed by atoms with E-state index >= 15 is 0 Å². The van der Waals surface area contributed by atoms with Crippen LogP contribution in [0, 0.1) is 17.2 Å². The van der Waals surface area contributed by atoms with Gasteiger partial charge in [-0.25, -0.2) is 9.78 Å². The Hall–Kier alpha value is -2.97. The van der Waals surface area contributed by atoms with Gasteiger partial charge in [0.25, 0.3) is 0 Å². The van der Waals surface area contributed by atoms with E-state index in [0.717, 1.165) is 0 Å². The van der Waals surface area contributed by atoms with Crippen LogP contribution in [0.25, 0.3) is 16.5 Å². The van der Waals surface area contributed by atoms with Crippen molar-refractivity contribution in [3.05, 3.63) is 52.8 Å². The van der Waals surface area contributed by atoms with Crippen molar-refractivity contribution in [1.29, 1.82) is 5.26 Å². The quantitative estimate of drug-likeness (QED) is 0.394. The van der Waals surface area contributed by atoms with Gasteiger partial charge >= 0.3 is 17.1 Å². The fourth-order valence-electron chi connectivity index (χ4n) is 3.25. The minimum atomic E-state index is -3.99. The molecule has 33 heavy (non-hydrogen) atoms. The highest BCUT2D eigenvalue weighted by Crippen LogP contribution is 2.39. The number of nitrogens with zero attached hydrogens (tertiary/aromatic N) is 3. The van der Waals surface area contributed by atoms with Crippen molar-refractivity contribution in [3.63, 3.8) is 0 Å². The van der Waals surface area contributed by atoms with Crippen LogP contribution in [0.15, 0.2) is 52.4 Å². The number of alkyl halides is 2. The Kier molecular flexibility index (Phi) is 7.39. The van der Waals surface area contributed by atoms with Gasteiger partial charge in [0.1, 0.15) is 10.6 Å². The normalized spacial score (nSPS) is 13.3. The molecule has 0 aliphatic heterocycles. The number of benzene rings is 2. The van der Waals surface area contributed by atoms with Crippen molar-refractivity contribution < 1.29 is 23.5 Å². The van der Waals surface area contributed by atoms with Gasteiger partial charge in [-0.05, 0) is 45.7 Å². The number of rotatable bonds is 8. The van der Waals surface area contributed by atoms with E-state index in [4.69, 9.17) is 0 Å². The van der Waals surface area contributed by atoms with E-state index in [1.165, 1.54) is 10.8 Å². The van der Waals surface area contributed by atoms with E-state index in [0.29, 0.717) is 33.0 Å². The standard InChI is InChI=1S/C22H19BrF2N4O3S/c1-3-12(2)18(19(30)31)28-20(32)22(24,25)33-21-27-11-17(23)29(21)16-9-8-13(10-26)14-6-4-5-7-15(14)16/h4-9,11-12,18H,3H2,1-2H3,(H,28,32)(H,30,31). The number of amides is 1. The molecule has 0 fully saturated rings. The average Bonchev–Trinajstić information content (AvgIpc) is 3.14. The molecule has 2 unspecified atom stereocenters. The predicted molar refractivity (Wildman–Crippen MR) is 123 cm³/mol. The van der Waals surface area contributed by atoms with Crippen LogP contribution >= 0.6 is 27.7 Å². The summed E-state index contributed by atoms with van der Waals surface area (Å²) in [6.45, 7) is 3.26. The number of halogens is 3. The van der Waals surface area contributed by atoms with Crippen LogP contribution in [0.3, 0.4) is 0 Å². The third kappa shape index (κ3) is 5.02. The third-order valence-electron chi connectivity index (χ3n) is 5.20. The minimum absolute atomic E-state index is 0.0937. The summed E-state index contributed by atoms with van der Waals surface area (Å²) in [5, 5.41) is 17.7. The average molecular weight is 537 g/mol. The molecule has 1 amide bonds. The number of carboxylic acid groups (broad SMARTS) is 1. The monoisotopic (exact) mass is 536 g/mol. The molecule has 7 nitrogen and oxygen atoms in total. The predicted octanol–water partition coefficient (Wildman–Crippen LogP) is 4.96. The third-order valence-corrected chi connectivity index (χ3v) is 6.67. The number of carboxylic acids is 1. The molecule has 0 spiro atoms.